The molecule has 1 heterocycles. The highest BCUT2D eigenvalue weighted by Crippen LogP contribution is 2.38. The third kappa shape index (κ3) is 6.00. The van der Waals surface area contributed by atoms with Crippen molar-refractivity contribution in [2.24, 2.45) is 0 Å². The Balaban J connectivity index is 1.52. The first-order valence-electron chi connectivity index (χ1n) is 11.5. The summed E-state index contributed by atoms with van der Waals surface area (Å²) in [4.78, 5) is 0. The third-order valence-corrected chi connectivity index (χ3v) is 5.96. The van der Waals surface area contributed by atoms with E-state index in [4.69, 9.17) is 23.7 Å². The zero-order valence-electron chi connectivity index (χ0n) is 19.5. The molecule has 1 aliphatic rings. The molecule has 5 heteroatoms. The van der Waals surface area contributed by atoms with E-state index in [1.165, 1.54) is 0 Å². The van der Waals surface area contributed by atoms with Gasteiger partial charge in [0.25, 0.3) is 0 Å². The fraction of sp³-hybridized carbons (Fsp3) is 0.310. The van der Waals surface area contributed by atoms with E-state index in [2.05, 4.69) is 6.58 Å². The average Bonchev–Trinajstić information content (AvgIpc) is 3.20. The highest BCUT2D eigenvalue weighted by Gasteiger charge is 2.56. The van der Waals surface area contributed by atoms with Gasteiger partial charge in [0.05, 0.1) is 26.4 Å². The van der Waals surface area contributed by atoms with Gasteiger partial charge in [0.1, 0.15) is 17.8 Å². The van der Waals surface area contributed by atoms with Gasteiger partial charge in [-0.1, -0.05) is 97.1 Å². The lowest BCUT2D eigenvalue weighted by Gasteiger charge is -2.32. The van der Waals surface area contributed by atoms with Crippen molar-refractivity contribution >= 4 is 0 Å². The standard InChI is InChI=1S/C29H32O5/c1-3-29(22-31-19-23-13-7-4-8-14-23)27(33-21-25-17-11-6-12-18-25)26(28(30-2)34-29)32-20-24-15-9-5-10-16-24/h3-18,26-28H,1,19-22H2,2H3/t26-,27+,28?,29-/m1/s1. The van der Waals surface area contributed by atoms with E-state index >= 15 is 0 Å². The quantitative estimate of drug-likeness (QED) is 0.343. The van der Waals surface area contributed by atoms with E-state index < -0.39 is 24.1 Å². The molecule has 1 saturated heterocycles. The Morgan fingerprint density at radius 1 is 0.765 bits per heavy atom. The van der Waals surface area contributed by atoms with Crippen molar-refractivity contribution in [3.8, 4) is 0 Å². The molecule has 0 aliphatic carbocycles. The second-order valence-electron chi connectivity index (χ2n) is 8.34. The molecule has 0 spiro atoms. The summed E-state index contributed by atoms with van der Waals surface area (Å²) in [6.07, 6.45) is 0.190. The Hall–Kier alpha value is -2.80. The van der Waals surface area contributed by atoms with Crippen LogP contribution in [0.5, 0.6) is 0 Å². The Bertz CT molecular complexity index is 995. The molecule has 3 aromatic rings. The SMILES string of the molecule is C=C[C@]1(COCc2ccccc2)OC(OC)[C@H](OCc2ccccc2)[C@@H]1OCc1ccccc1. The van der Waals surface area contributed by atoms with Crippen LogP contribution in [0, 0.1) is 0 Å². The maximum absolute atomic E-state index is 6.45. The number of ether oxygens (including phenoxy) is 5. The van der Waals surface area contributed by atoms with Gasteiger partial charge in [-0.15, -0.1) is 6.58 Å². The van der Waals surface area contributed by atoms with Crippen molar-refractivity contribution in [1.82, 2.24) is 0 Å². The van der Waals surface area contributed by atoms with Crippen molar-refractivity contribution < 1.29 is 23.7 Å². The van der Waals surface area contributed by atoms with Crippen LogP contribution in [-0.2, 0) is 43.5 Å². The number of hydrogen-bond acceptors (Lipinski definition) is 5. The summed E-state index contributed by atoms with van der Waals surface area (Å²) in [6.45, 7) is 5.61. The molecule has 0 saturated carbocycles. The number of methoxy groups -OCH3 is 1. The molecule has 4 rings (SSSR count). The molecule has 0 amide bonds. The first-order chi connectivity index (χ1) is 16.7. The first-order valence-corrected chi connectivity index (χ1v) is 11.5. The van der Waals surface area contributed by atoms with Crippen molar-refractivity contribution in [1.29, 1.82) is 0 Å². The highest BCUT2D eigenvalue weighted by molar-refractivity contribution is 5.17. The van der Waals surface area contributed by atoms with Crippen LogP contribution in [0.4, 0.5) is 0 Å². The molecule has 0 bridgehead atoms. The second kappa shape index (κ2) is 12.1. The largest absolute Gasteiger partial charge is 0.373 e. The summed E-state index contributed by atoms with van der Waals surface area (Å²) in [5.41, 5.74) is 2.29. The van der Waals surface area contributed by atoms with Crippen LogP contribution < -0.4 is 0 Å². The summed E-state index contributed by atoms with van der Waals surface area (Å²) >= 11 is 0. The summed E-state index contributed by atoms with van der Waals surface area (Å²) in [5.74, 6) is 0. The third-order valence-electron chi connectivity index (χ3n) is 5.96. The number of benzene rings is 3. The molecule has 3 aromatic carbocycles. The van der Waals surface area contributed by atoms with E-state index in [9.17, 15) is 0 Å². The summed E-state index contributed by atoms with van der Waals surface area (Å²) in [7, 11) is 1.61. The van der Waals surface area contributed by atoms with Gasteiger partial charge in [-0.2, -0.15) is 0 Å². The van der Waals surface area contributed by atoms with Crippen LogP contribution >= 0.6 is 0 Å². The summed E-state index contributed by atoms with van der Waals surface area (Å²) in [5, 5.41) is 0. The zero-order chi connectivity index (χ0) is 23.6. The number of rotatable bonds is 12. The van der Waals surface area contributed by atoms with Crippen molar-refractivity contribution in [2.75, 3.05) is 13.7 Å². The van der Waals surface area contributed by atoms with Gasteiger partial charge in [0, 0.05) is 7.11 Å². The van der Waals surface area contributed by atoms with Gasteiger partial charge in [-0.3, -0.25) is 0 Å². The van der Waals surface area contributed by atoms with Gasteiger partial charge in [-0.25, -0.2) is 0 Å². The van der Waals surface area contributed by atoms with E-state index in [-0.39, 0.29) is 6.61 Å². The van der Waals surface area contributed by atoms with Crippen LogP contribution in [0.15, 0.2) is 104 Å². The van der Waals surface area contributed by atoms with Crippen LogP contribution in [0.2, 0.25) is 0 Å². The Labute approximate surface area is 201 Å². The maximum Gasteiger partial charge on any atom is 0.187 e. The summed E-state index contributed by atoms with van der Waals surface area (Å²) in [6, 6.07) is 30.1. The minimum absolute atomic E-state index is 0.260. The zero-order valence-corrected chi connectivity index (χ0v) is 19.5. The molecule has 0 N–H and O–H groups in total. The fourth-order valence-electron chi connectivity index (χ4n) is 4.12. The fourth-order valence-corrected chi connectivity index (χ4v) is 4.12. The van der Waals surface area contributed by atoms with Crippen LogP contribution in [0.3, 0.4) is 0 Å². The van der Waals surface area contributed by atoms with Gasteiger partial charge >= 0.3 is 0 Å². The van der Waals surface area contributed by atoms with Gasteiger partial charge in [0.15, 0.2) is 6.29 Å². The van der Waals surface area contributed by atoms with E-state index in [0.717, 1.165) is 16.7 Å². The molecule has 178 valence electrons. The monoisotopic (exact) mass is 460 g/mol. The van der Waals surface area contributed by atoms with Crippen molar-refractivity contribution in [2.45, 2.75) is 43.9 Å². The molecule has 1 unspecified atom stereocenters. The predicted molar refractivity (Wildman–Crippen MR) is 131 cm³/mol. The molecule has 0 aromatic heterocycles. The lowest BCUT2D eigenvalue weighted by Crippen LogP contribution is -2.47. The molecule has 4 atom stereocenters. The molecule has 1 fully saturated rings. The molecule has 34 heavy (non-hydrogen) atoms. The average molecular weight is 461 g/mol. The first kappa shape index (κ1) is 24.3. The Morgan fingerprint density at radius 2 is 1.26 bits per heavy atom. The van der Waals surface area contributed by atoms with Gasteiger partial charge in [0.2, 0.25) is 0 Å². The normalized spacial score (nSPS) is 24.2. The maximum atomic E-state index is 6.45. The van der Waals surface area contributed by atoms with E-state index in [1.807, 2.05) is 91.0 Å². The van der Waals surface area contributed by atoms with Crippen LogP contribution in [0.25, 0.3) is 0 Å². The lowest BCUT2D eigenvalue weighted by molar-refractivity contribution is -0.186. The smallest absolute Gasteiger partial charge is 0.187 e. The second-order valence-corrected chi connectivity index (χ2v) is 8.34. The summed E-state index contributed by atoms with van der Waals surface area (Å²) < 4.78 is 30.9. The van der Waals surface area contributed by atoms with Crippen LogP contribution in [0.1, 0.15) is 16.7 Å². The Morgan fingerprint density at radius 3 is 1.76 bits per heavy atom. The Kier molecular flexibility index (Phi) is 8.63. The topological polar surface area (TPSA) is 46.2 Å². The van der Waals surface area contributed by atoms with E-state index in [0.29, 0.717) is 19.8 Å². The molecular weight excluding hydrogens is 428 g/mol. The van der Waals surface area contributed by atoms with Crippen LogP contribution in [-0.4, -0.2) is 37.8 Å². The molecular formula is C29H32O5. The number of hydrogen-bond donors (Lipinski definition) is 0. The lowest BCUT2D eigenvalue weighted by atomic mass is 9.95. The van der Waals surface area contributed by atoms with Crippen molar-refractivity contribution in [3.05, 3.63) is 120 Å². The van der Waals surface area contributed by atoms with Crippen molar-refractivity contribution in [3.63, 3.8) is 0 Å². The minimum Gasteiger partial charge on any atom is -0.373 e. The van der Waals surface area contributed by atoms with Gasteiger partial charge in [-0.05, 0) is 16.7 Å². The molecule has 1 aliphatic heterocycles. The van der Waals surface area contributed by atoms with E-state index in [1.54, 1.807) is 13.2 Å². The highest BCUT2D eigenvalue weighted by atomic mass is 16.7. The molecule has 5 nitrogen and oxygen atoms in total. The predicted octanol–water partition coefficient (Wildman–Crippen LogP) is 5.30. The molecule has 0 radical (unpaired) electrons. The minimum atomic E-state index is -0.925. The van der Waals surface area contributed by atoms with Gasteiger partial charge < -0.3 is 23.7 Å².